The van der Waals surface area contributed by atoms with E-state index in [1.54, 1.807) is 12.3 Å². The molecule has 0 atom stereocenters. The monoisotopic (exact) mass is 271 g/mol. The summed E-state index contributed by atoms with van der Waals surface area (Å²) in [5, 5.41) is 15.8. The van der Waals surface area contributed by atoms with Gasteiger partial charge in [0.2, 0.25) is 0 Å². The summed E-state index contributed by atoms with van der Waals surface area (Å²) in [6, 6.07) is 0. The Morgan fingerprint density at radius 2 is 2.28 bits per heavy atom. The average Bonchev–Trinajstić information content (AvgIpc) is 2.37. The first kappa shape index (κ1) is 14.7. The molecule has 0 unspecified atom stereocenters. The number of hydrogen-bond acceptors (Lipinski definition) is 4. The van der Waals surface area contributed by atoms with Gasteiger partial charge >= 0.3 is 0 Å². The van der Waals surface area contributed by atoms with Gasteiger partial charge in [0.25, 0.3) is 5.56 Å². The van der Waals surface area contributed by atoms with E-state index in [9.17, 15) is 4.79 Å². The van der Waals surface area contributed by atoms with E-state index in [1.165, 1.54) is 4.68 Å². The lowest BCUT2D eigenvalue weighted by Crippen LogP contribution is -2.23. The van der Waals surface area contributed by atoms with Crippen LogP contribution < -0.4 is 10.9 Å². The maximum absolute atomic E-state index is 11.8. The second-order valence-corrected chi connectivity index (χ2v) is 4.24. The van der Waals surface area contributed by atoms with E-state index in [0.29, 0.717) is 18.8 Å². The molecule has 1 aromatic rings. The Balaban J connectivity index is 2.59. The minimum Gasteiger partial charge on any atom is -0.396 e. The summed E-state index contributed by atoms with van der Waals surface area (Å²) in [4.78, 5) is 11.8. The minimum atomic E-state index is -0.322. The highest BCUT2D eigenvalue weighted by molar-refractivity contribution is 6.32. The summed E-state index contributed by atoms with van der Waals surface area (Å²) in [6.45, 7) is 4.80. The quantitative estimate of drug-likeness (QED) is 0.557. The van der Waals surface area contributed by atoms with Gasteiger partial charge in [0, 0.05) is 13.2 Å². The summed E-state index contributed by atoms with van der Waals surface area (Å²) < 4.78 is 1.26. The van der Waals surface area contributed by atoms with Crippen LogP contribution in [0.5, 0.6) is 0 Å². The van der Waals surface area contributed by atoms with Crippen molar-refractivity contribution in [1.29, 1.82) is 0 Å². The number of unbranched alkanes of at least 4 members (excludes halogenated alkanes) is 2. The van der Waals surface area contributed by atoms with Crippen molar-refractivity contribution < 1.29 is 5.11 Å². The first-order valence-corrected chi connectivity index (χ1v) is 6.29. The van der Waals surface area contributed by atoms with Crippen molar-refractivity contribution >= 4 is 17.3 Å². The third-order valence-electron chi connectivity index (χ3n) is 2.44. The molecule has 1 rings (SSSR count). The third-order valence-corrected chi connectivity index (χ3v) is 2.80. The zero-order valence-corrected chi connectivity index (χ0v) is 11.0. The van der Waals surface area contributed by atoms with Crippen molar-refractivity contribution in [3.63, 3.8) is 0 Å². The zero-order valence-electron chi connectivity index (χ0n) is 10.2. The van der Waals surface area contributed by atoms with E-state index < -0.39 is 0 Å². The first-order chi connectivity index (χ1) is 8.70. The number of aliphatic hydroxyl groups is 1. The summed E-state index contributed by atoms with van der Waals surface area (Å²) in [5.74, 6) is 0. The lowest BCUT2D eigenvalue weighted by Gasteiger charge is -2.09. The smallest absolute Gasteiger partial charge is 0.287 e. The van der Waals surface area contributed by atoms with E-state index in [1.807, 2.05) is 0 Å². The fourth-order valence-electron chi connectivity index (χ4n) is 1.48. The fraction of sp³-hybridized carbons (Fsp3) is 0.500. The summed E-state index contributed by atoms with van der Waals surface area (Å²) >= 11 is 5.96. The number of rotatable bonds is 8. The Kier molecular flexibility index (Phi) is 6.46. The van der Waals surface area contributed by atoms with Gasteiger partial charge in [0.1, 0.15) is 5.02 Å². The van der Waals surface area contributed by atoms with Gasteiger partial charge in [0.05, 0.1) is 18.4 Å². The molecule has 18 heavy (non-hydrogen) atoms. The molecule has 0 aliphatic heterocycles. The van der Waals surface area contributed by atoms with Crippen LogP contribution in [-0.4, -0.2) is 28.0 Å². The van der Waals surface area contributed by atoms with Gasteiger partial charge in [-0.15, -0.1) is 6.58 Å². The van der Waals surface area contributed by atoms with Gasteiger partial charge in [-0.1, -0.05) is 17.7 Å². The van der Waals surface area contributed by atoms with Gasteiger partial charge in [0.15, 0.2) is 0 Å². The molecule has 0 aliphatic carbocycles. The Bertz CT molecular complexity index is 445. The van der Waals surface area contributed by atoms with Gasteiger partial charge in [-0.2, -0.15) is 5.10 Å². The Hall–Kier alpha value is -1.33. The van der Waals surface area contributed by atoms with Crippen LogP contribution in [0.25, 0.3) is 0 Å². The van der Waals surface area contributed by atoms with E-state index >= 15 is 0 Å². The van der Waals surface area contributed by atoms with Gasteiger partial charge in [-0.25, -0.2) is 4.68 Å². The molecule has 0 aliphatic rings. The molecule has 5 nitrogen and oxygen atoms in total. The molecule has 0 saturated heterocycles. The summed E-state index contributed by atoms with van der Waals surface area (Å²) in [5.41, 5.74) is 0.225. The van der Waals surface area contributed by atoms with Crippen LogP contribution in [0.1, 0.15) is 19.3 Å². The molecule has 0 aromatic carbocycles. The van der Waals surface area contributed by atoms with Gasteiger partial charge in [-0.05, 0) is 19.3 Å². The van der Waals surface area contributed by atoms with Gasteiger partial charge in [-0.3, -0.25) is 4.79 Å². The van der Waals surface area contributed by atoms with Gasteiger partial charge < -0.3 is 10.4 Å². The molecule has 6 heteroatoms. The highest BCUT2D eigenvalue weighted by Crippen LogP contribution is 2.15. The van der Waals surface area contributed by atoms with E-state index in [0.717, 1.165) is 19.3 Å². The van der Waals surface area contributed by atoms with Crippen LogP contribution >= 0.6 is 11.6 Å². The topological polar surface area (TPSA) is 67.2 Å². The second-order valence-electron chi connectivity index (χ2n) is 3.86. The molecule has 0 radical (unpaired) electrons. The first-order valence-electron chi connectivity index (χ1n) is 5.92. The summed E-state index contributed by atoms with van der Waals surface area (Å²) in [7, 11) is 0. The number of hydrogen-bond donors (Lipinski definition) is 2. The fourth-order valence-corrected chi connectivity index (χ4v) is 1.69. The SMILES string of the molecule is C=CCn1ncc(NCCCCCO)c(Cl)c1=O. The number of allylic oxidation sites excluding steroid dienone is 1. The number of nitrogens with one attached hydrogen (secondary N) is 1. The predicted octanol–water partition coefficient (Wildman–Crippen LogP) is 1.66. The van der Waals surface area contributed by atoms with Crippen LogP contribution in [0.2, 0.25) is 5.02 Å². The Morgan fingerprint density at radius 3 is 2.94 bits per heavy atom. The number of nitrogens with zero attached hydrogens (tertiary/aromatic N) is 2. The normalized spacial score (nSPS) is 10.3. The highest BCUT2D eigenvalue weighted by Gasteiger charge is 2.07. The molecule has 0 spiro atoms. The molecule has 2 N–H and O–H groups in total. The van der Waals surface area contributed by atoms with Crippen molar-refractivity contribution in [2.45, 2.75) is 25.8 Å². The molecule has 0 saturated carbocycles. The highest BCUT2D eigenvalue weighted by atomic mass is 35.5. The largest absolute Gasteiger partial charge is 0.396 e. The molecule has 0 amide bonds. The van der Waals surface area contributed by atoms with Crippen LogP contribution in [0.15, 0.2) is 23.6 Å². The van der Waals surface area contributed by atoms with Crippen LogP contribution in [0.4, 0.5) is 5.69 Å². The predicted molar refractivity (Wildman–Crippen MR) is 73.1 cm³/mol. The van der Waals surface area contributed by atoms with E-state index in [4.69, 9.17) is 16.7 Å². The van der Waals surface area contributed by atoms with Crippen molar-refractivity contribution in [1.82, 2.24) is 9.78 Å². The van der Waals surface area contributed by atoms with Crippen LogP contribution in [-0.2, 0) is 6.54 Å². The molecule has 0 fully saturated rings. The summed E-state index contributed by atoms with van der Waals surface area (Å²) in [6.07, 6.45) is 5.76. The van der Waals surface area contributed by atoms with Crippen molar-refractivity contribution in [3.8, 4) is 0 Å². The lowest BCUT2D eigenvalue weighted by molar-refractivity contribution is 0.283. The van der Waals surface area contributed by atoms with Crippen molar-refractivity contribution in [2.75, 3.05) is 18.5 Å². The number of aliphatic hydroxyl groups excluding tert-OH is 1. The molecular weight excluding hydrogens is 254 g/mol. The third kappa shape index (κ3) is 4.16. The maximum Gasteiger partial charge on any atom is 0.287 e. The molecule has 1 heterocycles. The van der Waals surface area contributed by atoms with Crippen molar-refractivity contribution in [2.24, 2.45) is 0 Å². The number of aromatic nitrogens is 2. The molecular formula is C12H18ClN3O2. The maximum atomic E-state index is 11.8. The Morgan fingerprint density at radius 1 is 1.50 bits per heavy atom. The molecule has 0 bridgehead atoms. The molecule has 100 valence electrons. The Labute approximate surface area is 111 Å². The number of anilines is 1. The second kappa shape index (κ2) is 7.89. The average molecular weight is 272 g/mol. The van der Waals surface area contributed by atoms with Crippen LogP contribution in [0, 0.1) is 0 Å². The van der Waals surface area contributed by atoms with E-state index in [2.05, 4.69) is 17.0 Å². The lowest BCUT2D eigenvalue weighted by atomic mass is 10.2. The minimum absolute atomic E-state index is 0.147. The van der Waals surface area contributed by atoms with Crippen molar-refractivity contribution in [3.05, 3.63) is 34.2 Å². The van der Waals surface area contributed by atoms with E-state index in [-0.39, 0.29) is 17.2 Å². The zero-order chi connectivity index (χ0) is 13.4. The molecule has 1 aromatic heterocycles. The number of halogens is 1. The van der Waals surface area contributed by atoms with Crippen LogP contribution in [0.3, 0.4) is 0 Å². The standard InChI is InChI=1S/C12H18ClN3O2/c1-2-7-16-12(18)11(13)10(9-15-16)14-6-4-3-5-8-17/h2,9,14,17H,1,3-8H2.